The Labute approximate surface area is 183 Å². The van der Waals surface area contributed by atoms with Crippen LogP contribution < -0.4 is 15.0 Å². The molecule has 9 nitrogen and oxygen atoms in total. The zero-order valence-corrected chi connectivity index (χ0v) is 17.4. The second-order valence-electron chi connectivity index (χ2n) is 7.58. The molecule has 4 aromatic rings. The van der Waals surface area contributed by atoms with E-state index in [1.54, 1.807) is 16.6 Å². The van der Waals surface area contributed by atoms with E-state index in [0.29, 0.717) is 41.3 Å². The van der Waals surface area contributed by atoms with Crippen LogP contribution in [0.3, 0.4) is 0 Å². The van der Waals surface area contributed by atoms with Crippen LogP contribution in [0.4, 0.5) is 0 Å². The number of fused-ring (bicyclic) bond motifs is 2. The van der Waals surface area contributed by atoms with Crippen LogP contribution in [0, 0.1) is 0 Å². The number of carbonyl (C=O) groups excluding carboxylic acids is 1. The Balaban J connectivity index is 1.29. The average Bonchev–Trinajstić information content (AvgIpc) is 3.45. The highest BCUT2D eigenvalue weighted by atomic mass is 16.7. The quantitative estimate of drug-likeness (QED) is 0.503. The van der Waals surface area contributed by atoms with E-state index in [-0.39, 0.29) is 24.7 Å². The Morgan fingerprint density at radius 2 is 1.97 bits per heavy atom. The van der Waals surface area contributed by atoms with E-state index >= 15 is 0 Å². The van der Waals surface area contributed by atoms with E-state index in [1.165, 1.54) is 6.20 Å². The molecule has 0 saturated heterocycles. The summed E-state index contributed by atoms with van der Waals surface area (Å²) in [7, 11) is 1.75. The van der Waals surface area contributed by atoms with Crippen LogP contribution in [0.5, 0.6) is 11.5 Å². The van der Waals surface area contributed by atoms with Crippen molar-refractivity contribution in [2.24, 2.45) is 0 Å². The standard InChI is InChI=1S/C23H21N5O4/c1-27(13-15-7-8-18-19(11-15)32-14-31-18)21(29)10-9-20-25-22-17(23(30)26-20)12-24-28(22)16-5-3-2-4-6-16/h2-8,11-12H,9-10,13-14H2,1H3,(H,25,26,30). The first-order chi connectivity index (χ1) is 15.6. The highest BCUT2D eigenvalue weighted by molar-refractivity contribution is 5.77. The van der Waals surface area contributed by atoms with E-state index in [0.717, 1.165) is 11.3 Å². The highest BCUT2D eigenvalue weighted by Gasteiger charge is 2.17. The number of aromatic amines is 1. The topological polar surface area (TPSA) is 102 Å². The van der Waals surface area contributed by atoms with Gasteiger partial charge in [0.25, 0.3) is 5.56 Å². The summed E-state index contributed by atoms with van der Waals surface area (Å²) < 4.78 is 12.3. The van der Waals surface area contributed by atoms with Gasteiger partial charge in [-0.15, -0.1) is 0 Å². The Kier molecular flexibility index (Phi) is 5.06. The van der Waals surface area contributed by atoms with Crippen LogP contribution >= 0.6 is 0 Å². The summed E-state index contributed by atoms with van der Waals surface area (Å²) in [6, 6.07) is 15.1. The van der Waals surface area contributed by atoms with Crippen LogP contribution in [0.1, 0.15) is 17.8 Å². The molecule has 0 bridgehead atoms. The van der Waals surface area contributed by atoms with Gasteiger partial charge in [0, 0.05) is 26.4 Å². The van der Waals surface area contributed by atoms with Gasteiger partial charge in [0.05, 0.1) is 11.9 Å². The lowest BCUT2D eigenvalue weighted by Crippen LogP contribution is -2.26. The van der Waals surface area contributed by atoms with Gasteiger partial charge in [-0.25, -0.2) is 9.67 Å². The number of H-pyrrole nitrogens is 1. The van der Waals surface area contributed by atoms with Crippen molar-refractivity contribution in [3.8, 4) is 17.2 Å². The zero-order valence-electron chi connectivity index (χ0n) is 17.4. The molecule has 0 atom stereocenters. The molecule has 1 aliphatic rings. The second kappa shape index (κ2) is 8.18. The first-order valence-corrected chi connectivity index (χ1v) is 10.2. The van der Waals surface area contributed by atoms with Gasteiger partial charge in [-0.2, -0.15) is 5.10 Å². The van der Waals surface area contributed by atoms with Gasteiger partial charge in [-0.05, 0) is 29.8 Å². The summed E-state index contributed by atoms with van der Waals surface area (Å²) in [5, 5.41) is 4.71. The van der Waals surface area contributed by atoms with Crippen molar-refractivity contribution < 1.29 is 14.3 Å². The first-order valence-electron chi connectivity index (χ1n) is 10.2. The fraction of sp³-hybridized carbons (Fsp3) is 0.217. The highest BCUT2D eigenvalue weighted by Crippen LogP contribution is 2.32. The number of carbonyl (C=O) groups is 1. The summed E-state index contributed by atoms with van der Waals surface area (Å²) in [5.41, 5.74) is 1.96. The van der Waals surface area contributed by atoms with E-state index < -0.39 is 0 Å². The number of benzene rings is 2. The third kappa shape index (κ3) is 3.80. The molecule has 0 fully saturated rings. The summed E-state index contributed by atoms with van der Waals surface area (Å²) in [4.78, 5) is 34.1. The number of para-hydroxylation sites is 1. The summed E-state index contributed by atoms with van der Waals surface area (Å²) >= 11 is 0. The van der Waals surface area contributed by atoms with Gasteiger partial charge in [0.1, 0.15) is 11.2 Å². The van der Waals surface area contributed by atoms with E-state index in [2.05, 4.69) is 15.1 Å². The zero-order chi connectivity index (χ0) is 22.1. The molecule has 0 aliphatic carbocycles. The molecule has 1 amide bonds. The van der Waals surface area contributed by atoms with Gasteiger partial charge in [-0.1, -0.05) is 24.3 Å². The maximum Gasteiger partial charge on any atom is 0.262 e. The smallest absolute Gasteiger partial charge is 0.262 e. The third-order valence-corrected chi connectivity index (χ3v) is 5.35. The number of aromatic nitrogens is 4. The van der Waals surface area contributed by atoms with Crippen molar-refractivity contribution in [2.45, 2.75) is 19.4 Å². The molecule has 5 rings (SSSR count). The molecule has 32 heavy (non-hydrogen) atoms. The van der Waals surface area contributed by atoms with Crippen LogP contribution in [0.15, 0.2) is 59.5 Å². The lowest BCUT2D eigenvalue weighted by atomic mass is 10.2. The van der Waals surface area contributed by atoms with E-state index in [9.17, 15) is 9.59 Å². The molecule has 0 saturated carbocycles. The third-order valence-electron chi connectivity index (χ3n) is 5.35. The predicted molar refractivity (Wildman–Crippen MR) is 117 cm³/mol. The van der Waals surface area contributed by atoms with Crippen LogP contribution in [0.25, 0.3) is 16.7 Å². The van der Waals surface area contributed by atoms with Crippen LogP contribution in [-0.4, -0.2) is 44.4 Å². The summed E-state index contributed by atoms with van der Waals surface area (Å²) in [5.74, 6) is 1.79. The Morgan fingerprint density at radius 3 is 2.81 bits per heavy atom. The fourth-order valence-corrected chi connectivity index (χ4v) is 3.66. The summed E-state index contributed by atoms with van der Waals surface area (Å²) in [6.07, 6.45) is 2.03. The van der Waals surface area contributed by atoms with Crippen LogP contribution in [0.2, 0.25) is 0 Å². The van der Waals surface area contributed by atoms with Gasteiger partial charge < -0.3 is 19.4 Å². The van der Waals surface area contributed by atoms with Gasteiger partial charge in [0.15, 0.2) is 17.1 Å². The minimum Gasteiger partial charge on any atom is -0.454 e. The number of nitrogens with zero attached hydrogens (tertiary/aromatic N) is 4. The normalized spacial score (nSPS) is 12.3. The first kappa shape index (κ1) is 19.8. The molecule has 1 N–H and O–H groups in total. The van der Waals surface area contributed by atoms with E-state index in [1.807, 2.05) is 48.5 Å². The molecule has 0 radical (unpaired) electrons. The summed E-state index contributed by atoms with van der Waals surface area (Å²) in [6.45, 7) is 0.658. The average molecular weight is 431 g/mol. The number of ether oxygens (including phenoxy) is 2. The van der Waals surface area contributed by atoms with Crippen molar-refractivity contribution in [1.29, 1.82) is 0 Å². The molecule has 0 spiro atoms. The number of amides is 1. The lowest BCUT2D eigenvalue weighted by molar-refractivity contribution is -0.130. The number of nitrogens with one attached hydrogen (secondary N) is 1. The van der Waals surface area contributed by atoms with Gasteiger partial charge >= 0.3 is 0 Å². The molecule has 2 aromatic heterocycles. The number of rotatable bonds is 6. The van der Waals surface area contributed by atoms with Crippen molar-refractivity contribution in [1.82, 2.24) is 24.6 Å². The SMILES string of the molecule is CN(Cc1ccc2c(c1)OCO2)C(=O)CCc1nc2c(cnn2-c2ccccc2)c(=O)[nH]1. The molecule has 9 heteroatoms. The fourth-order valence-electron chi connectivity index (χ4n) is 3.66. The molecule has 162 valence electrons. The maximum atomic E-state index is 12.7. The second-order valence-corrected chi connectivity index (χ2v) is 7.58. The lowest BCUT2D eigenvalue weighted by Gasteiger charge is -2.17. The minimum atomic E-state index is -0.270. The Hall–Kier alpha value is -4.14. The molecular formula is C23H21N5O4. The minimum absolute atomic E-state index is 0.0537. The van der Waals surface area contributed by atoms with Crippen molar-refractivity contribution in [3.05, 3.63) is 76.5 Å². The molecular weight excluding hydrogens is 410 g/mol. The van der Waals surface area contributed by atoms with Crippen molar-refractivity contribution >= 4 is 16.9 Å². The predicted octanol–water partition coefficient (Wildman–Crippen LogP) is 2.43. The van der Waals surface area contributed by atoms with Crippen molar-refractivity contribution in [2.75, 3.05) is 13.8 Å². The number of aryl methyl sites for hydroxylation is 1. The van der Waals surface area contributed by atoms with E-state index in [4.69, 9.17) is 9.47 Å². The van der Waals surface area contributed by atoms with Crippen LogP contribution in [-0.2, 0) is 17.8 Å². The molecule has 2 aromatic carbocycles. The number of hydrogen-bond donors (Lipinski definition) is 1. The van der Waals surface area contributed by atoms with Gasteiger partial charge in [-0.3, -0.25) is 9.59 Å². The molecule has 1 aliphatic heterocycles. The largest absolute Gasteiger partial charge is 0.454 e. The Morgan fingerprint density at radius 1 is 1.16 bits per heavy atom. The maximum absolute atomic E-state index is 12.7. The molecule has 0 unspecified atom stereocenters. The monoisotopic (exact) mass is 431 g/mol. The Bertz CT molecular complexity index is 1350. The van der Waals surface area contributed by atoms with Gasteiger partial charge in [0.2, 0.25) is 12.7 Å². The number of hydrogen-bond acceptors (Lipinski definition) is 6. The molecule has 3 heterocycles. The van der Waals surface area contributed by atoms with Crippen molar-refractivity contribution in [3.63, 3.8) is 0 Å².